The maximum atomic E-state index is 12.6. The minimum absolute atomic E-state index is 0.0361. The van der Waals surface area contributed by atoms with Crippen LogP contribution in [0.15, 0.2) is 85.6 Å². The molecule has 0 saturated carbocycles. The van der Waals surface area contributed by atoms with Crippen LogP contribution >= 0.6 is 0 Å². The Balaban J connectivity index is 1.33. The van der Waals surface area contributed by atoms with Crippen LogP contribution in [0, 0.1) is 0 Å². The number of rotatable bonds is 9. The highest BCUT2D eigenvalue weighted by molar-refractivity contribution is 5.86. The van der Waals surface area contributed by atoms with Gasteiger partial charge < -0.3 is 19.9 Å². The zero-order valence-corrected chi connectivity index (χ0v) is 20.4. The predicted molar refractivity (Wildman–Crippen MR) is 143 cm³/mol. The quantitative estimate of drug-likeness (QED) is 0.326. The fourth-order valence-corrected chi connectivity index (χ4v) is 4.39. The van der Waals surface area contributed by atoms with Crippen molar-refractivity contribution in [1.29, 1.82) is 0 Å². The number of para-hydroxylation sites is 1. The van der Waals surface area contributed by atoms with Crippen molar-refractivity contribution in [2.24, 2.45) is 0 Å². The van der Waals surface area contributed by atoms with E-state index in [2.05, 4.69) is 50.6 Å². The largest absolute Gasteiger partial charge is 0.490 e. The van der Waals surface area contributed by atoms with Gasteiger partial charge in [-0.3, -0.25) is 14.8 Å². The molecule has 0 aliphatic heterocycles. The number of carbonyl (C=O) groups is 1. The van der Waals surface area contributed by atoms with E-state index in [-0.39, 0.29) is 11.9 Å². The van der Waals surface area contributed by atoms with Gasteiger partial charge in [-0.05, 0) is 61.3 Å². The molecule has 0 aliphatic carbocycles. The van der Waals surface area contributed by atoms with Crippen molar-refractivity contribution in [2.45, 2.75) is 12.5 Å². The Hall–Kier alpha value is -4.23. The fraction of sp³-hybridized carbons (Fsp3) is 0.207. The van der Waals surface area contributed by atoms with Crippen LogP contribution in [0.5, 0.6) is 5.75 Å². The predicted octanol–water partition coefficient (Wildman–Crippen LogP) is 4.45. The maximum Gasteiger partial charge on any atom is 0.234 e. The number of carbonyl (C=O) groups excluding carboxylic acids is 1. The third-order valence-electron chi connectivity index (χ3n) is 6.10. The summed E-state index contributed by atoms with van der Waals surface area (Å²) >= 11 is 0. The number of amides is 1. The number of nitrogens with one attached hydrogen (secondary N) is 2. The van der Waals surface area contributed by atoms with Crippen LogP contribution < -0.4 is 10.1 Å². The normalized spacial score (nSPS) is 12.2. The number of hydrogen-bond donors (Lipinski definition) is 2. The zero-order valence-electron chi connectivity index (χ0n) is 20.4. The smallest absolute Gasteiger partial charge is 0.234 e. The van der Waals surface area contributed by atoms with Gasteiger partial charge in [-0.1, -0.05) is 30.3 Å². The van der Waals surface area contributed by atoms with Gasteiger partial charge in [-0.25, -0.2) is 0 Å². The summed E-state index contributed by atoms with van der Waals surface area (Å²) in [5, 5.41) is 6.51. The third kappa shape index (κ3) is 5.53. The van der Waals surface area contributed by atoms with Gasteiger partial charge in [0.05, 0.1) is 18.8 Å². The highest BCUT2D eigenvalue weighted by atomic mass is 16.5. The second kappa shape index (κ2) is 10.6. The van der Waals surface area contributed by atoms with E-state index in [9.17, 15) is 4.79 Å². The first kappa shape index (κ1) is 23.5. The van der Waals surface area contributed by atoms with Gasteiger partial charge >= 0.3 is 0 Å². The Bertz CT molecular complexity index is 1490. The van der Waals surface area contributed by atoms with Gasteiger partial charge in [0, 0.05) is 46.6 Å². The lowest BCUT2D eigenvalue weighted by Gasteiger charge is -2.20. The Morgan fingerprint density at radius 3 is 2.78 bits per heavy atom. The zero-order chi connectivity index (χ0) is 24.9. The van der Waals surface area contributed by atoms with Gasteiger partial charge in [-0.15, -0.1) is 0 Å². The lowest BCUT2D eigenvalue weighted by atomic mass is 10.0. The molecular weight excluding hydrogens is 450 g/mol. The van der Waals surface area contributed by atoms with Crippen molar-refractivity contribution >= 4 is 27.6 Å². The number of pyridine rings is 2. The summed E-state index contributed by atoms with van der Waals surface area (Å²) in [4.78, 5) is 26.3. The van der Waals surface area contributed by atoms with Crippen molar-refractivity contribution < 1.29 is 9.53 Å². The topological polar surface area (TPSA) is 83.1 Å². The van der Waals surface area contributed by atoms with Gasteiger partial charge in [0.2, 0.25) is 5.91 Å². The lowest BCUT2D eigenvalue weighted by molar-refractivity contribution is -0.122. The molecule has 0 radical (unpaired) electrons. The molecule has 0 aliphatic rings. The Morgan fingerprint density at radius 2 is 1.89 bits per heavy atom. The summed E-state index contributed by atoms with van der Waals surface area (Å²) in [6.07, 6.45) is 9.84. The van der Waals surface area contributed by atoms with Gasteiger partial charge in [-0.2, -0.15) is 0 Å². The van der Waals surface area contributed by atoms with E-state index < -0.39 is 0 Å². The molecule has 2 aromatic carbocycles. The molecule has 7 heteroatoms. The molecule has 0 spiro atoms. The van der Waals surface area contributed by atoms with E-state index in [1.54, 1.807) is 12.4 Å². The van der Waals surface area contributed by atoms with Crippen LogP contribution in [0.2, 0.25) is 0 Å². The molecule has 5 rings (SSSR count). The second-order valence-corrected chi connectivity index (χ2v) is 9.22. The van der Waals surface area contributed by atoms with Crippen molar-refractivity contribution in [3.63, 3.8) is 0 Å². The summed E-state index contributed by atoms with van der Waals surface area (Å²) in [7, 11) is 3.76. The number of hydrogen-bond acceptors (Lipinski definition) is 5. The lowest BCUT2D eigenvalue weighted by Crippen LogP contribution is -2.44. The molecule has 2 N–H and O–H groups in total. The van der Waals surface area contributed by atoms with Crippen molar-refractivity contribution in [1.82, 2.24) is 25.2 Å². The molecule has 0 saturated heterocycles. The second-order valence-electron chi connectivity index (χ2n) is 9.22. The molecule has 0 unspecified atom stereocenters. The number of ether oxygens (including phenoxy) is 1. The van der Waals surface area contributed by atoms with Crippen LogP contribution in [0.1, 0.15) is 5.56 Å². The van der Waals surface area contributed by atoms with Crippen LogP contribution in [-0.2, 0) is 11.2 Å². The van der Waals surface area contributed by atoms with E-state index >= 15 is 0 Å². The van der Waals surface area contributed by atoms with Crippen LogP contribution in [0.25, 0.3) is 32.8 Å². The molecule has 36 heavy (non-hydrogen) atoms. The average Bonchev–Trinajstić information content (AvgIpc) is 3.29. The maximum absolute atomic E-state index is 12.6. The summed E-state index contributed by atoms with van der Waals surface area (Å²) < 4.78 is 6.17. The van der Waals surface area contributed by atoms with Crippen LogP contribution in [-0.4, -0.2) is 59.0 Å². The Morgan fingerprint density at radius 1 is 1.00 bits per heavy atom. The summed E-state index contributed by atoms with van der Waals surface area (Å²) in [5.41, 5.74) is 4.24. The van der Waals surface area contributed by atoms with Gasteiger partial charge in [0.25, 0.3) is 0 Å². The Labute approximate surface area is 210 Å². The number of aromatic nitrogens is 3. The van der Waals surface area contributed by atoms with Crippen molar-refractivity contribution in [3.8, 4) is 16.9 Å². The number of nitrogens with zero attached hydrogens (tertiary/aromatic N) is 3. The van der Waals surface area contributed by atoms with E-state index in [1.807, 2.05) is 61.9 Å². The molecule has 0 fully saturated rings. The SMILES string of the molecule is CN(C)CC(=O)N[C@H](COc1cncc(-c2ccc3cnccc3c2)c1)Cc1c[nH]c2ccccc12. The first-order valence-corrected chi connectivity index (χ1v) is 12.0. The van der Waals surface area contributed by atoms with Crippen LogP contribution in [0.3, 0.4) is 0 Å². The highest BCUT2D eigenvalue weighted by Crippen LogP contribution is 2.26. The van der Waals surface area contributed by atoms with Crippen LogP contribution in [0.4, 0.5) is 0 Å². The number of benzene rings is 2. The highest BCUT2D eigenvalue weighted by Gasteiger charge is 2.17. The molecule has 7 nitrogen and oxygen atoms in total. The van der Waals surface area contributed by atoms with E-state index in [0.29, 0.717) is 25.3 Å². The van der Waals surface area contributed by atoms with Gasteiger partial charge in [0.15, 0.2) is 0 Å². The summed E-state index contributed by atoms with van der Waals surface area (Å²) in [6, 6.07) is 18.2. The number of likely N-dealkylation sites (N-methyl/N-ethyl adjacent to an activating group) is 1. The fourth-order valence-electron chi connectivity index (χ4n) is 4.39. The summed E-state index contributed by atoms with van der Waals surface area (Å²) in [6.45, 7) is 0.645. The van der Waals surface area contributed by atoms with E-state index in [4.69, 9.17) is 4.74 Å². The standard InChI is InChI=1S/C29H29N5O2/c1-34(2)18-29(35)33-25(12-24-16-32-28-6-4-3-5-27(24)28)19-36-26-13-23(15-31-17-26)20-7-8-22-14-30-10-9-21(22)11-20/h3-11,13-17,25,32H,12,18-19H2,1-2H3,(H,33,35)/t25-/m0/s1. The Kier molecular flexibility index (Phi) is 6.91. The number of fused-ring (bicyclic) bond motifs is 2. The number of H-pyrrole nitrogens is 1. The molecular formula is C29H29N5O2. The average molecular weight is 480 g/mol. The minimum Gasteiger partial charge on any atom is -0.490 e. The first-order valence-electron chi connectivity index (χ1n) is 12.0. The van der Waals surface area contributed by atoms with Gasteiger partial charge in [0.1, 0.15) is 12.4 Å². The number of aromatic amines is 1. The van der Waals surface area contributed by atoms with Crippen molar-refractivity contribution in [3.05, 3.63) is 91.1 Å². The molecule has 1 atom stereocenters. The van der Waals surface area contributed by atoms with E-state index in [0.717, 1.165) is 38.4 Å². The minimum atomic E-state index is -0.200. The molecule has 1 amide bonds. The van der Waals surface area contributed by atoms with E-state index in [1.165, 1.54) is 0 Å². The van der Waals surface area contributed by atoms with Crippen molar-refractivity contribution in [2.75, 3.05) is 27.2 Å². The molecule has 5 aromatic rings. The monoisotopic (exact) mass is 479 g/mol. The third-order valence-corrected chi connectivity index (χ3v) is 6.10. The molecule has 3 heterocycles. The molecule has 3 aromatic heterocycles. The molecule has 182 valence electrons. The first-order chi connectivity index (χ1) is 17.5. The summed E-state index contributed by atoms with van der Waals surface area (Å²) in [5.74, 6) is 0.624. The molecule has 0 bridgehead atoms.